The number of hydrogen-bond acceptors (Lipinski definition) is 5. The second kappa shape index (κ2) is 6.86. The van der Waals surface area contributed by atoms with Gasteiger partial charge in [-0.1, -0.05) is 0 Å². The molecule has 8 nitrogen and oxygen atoms in total. The van der Waals surface area contributed by atoms with Crippen LogP contribution in [0.4, 0.5) is 23.8 Å². The number of hydrogen-bond donors (Lipinski definition) is 1. The van der Waals surface area contributed by atoms with E-state index in [0.717, 1.165) is 0 Å². The third-order valence-electron chi connectivity index (χ3n) is 4.09. The largest absolute Gasteiger partial charge is 0.453 e. The second-order valence-electron chi connectivity index (χ2n) is 7.49. The highest BCUT2D eigenvalue weighted by Gasteiger charge is 2.37. The number of halogens is 3. The summed E-state index contributed by atoms with van der Waals surface area (Å²) in [5.41, 5.74) is -0.301. The molecule has 0 aliphatic carbocycles. The fraction of sp³-hybridized carbons (Fsp3) is 0.625. The van der Waals surface area contributed by atoms with Crippen LogP contribution in [0.3, 0.4) is 0 Å². The number of rotatable bonds is 1. The molecule has 11 heteroatoms. The summed E-state index contributed by atoms with van der Waals surface area (Å²) >= 11 is 0. The van der Waals surface area contributed by atoms with Crippen molar-refractivity contribution in [3.8, 4) is 0 Å². The molecule has 0 atom stereocenters. The molecule has 0 spiro atoms. The number of aromatic nitrogens is 4. The van der Waals surface area contributed by atoms with Crippen molar-refractivity contribution in [2.45, 2.75) is 38.9 Å². The van der Waals surface area contributed by atoms with Gasteiger partial charge in [-0.2, -0.15) is 17.7 Å². The maximum absolute atomic E-state index is 13.0. The molecule has 2 aromatic heterocycles. The Morgan fingerprint density at radius 2 is 1.81 bits per heavy atom. The fourth-order valence-corrected chi connectivity index (χ4v) is 2.87. The molecule has 1 fully saturated rings. The summed E-state index contributed by atoms with van der Waals surface area (Å²) in [5, 5.41) is 13.7. The van der Waals surface area contributed by atoms with E-state index in [4.69, 9.17) is 0 Å². The quantitative estimate of drug-likeness (QED) is 0.814. The minimum Gasteiger partial charge on any atom is -0.353 e. The average molecular weight is 385 g/mol. The van der Waals surface area contributed by atoms with E-state index in [0.29, 0.717) is 42.9 Å². The number of anilines is 1. The Hall–Kier alpha value is -2.59. The Balaban J connectivity index is 1.76. The van der Waals surface area contributed by atoms with Gasteiger partial charge in [-0.3, -0.25) is 0 Å². The molecule has 2 amide bonds. The van der Waals surface area contributed by atoms with E-state index in [9.17, 15) is 18.0 Å². The SMILES string of the molecule is CC(C)(C)NC(=O)N1CCCN(c2ccc3nnc(C(F)(F)F)n3n2)CC1. The van der Waals surface area contributed by atoms with Crippen LogP contribution in [0.1, 0.15) is 33.0 Å². The van der Waals surface area contributed by atoms with E-state index in [-0.39, 0.29) is 17.2 Å². The number of amides is 2. The first-order valence-electron chi connectivity index (χ1n) is 8.66. The van der Waals surface area contributed by atoms with Crippen LogP contribution in [0.25, 0.3) is 5.65 Å². The number of carbonyl (C=O) groups excluding carboxylic acids is 1. The number of nitrogens with one attached hydrogen (secondary N) is 1. The maximum atomic E-state index is 13.0. The van der Waals surface area contributed by atoms with Gasteiger partial charge in [0.25, 0.3) is 5.82 Å². The van der Waals surface area contributed by atoms with Crippen LogP contribution >= 0.6 is 0 Å². The summed E-state index contributed by atoms with van der Waals surface area (Å²) in [7, 11) is 0. The van der Waals surface area contributed by atoms with Gasteiger partial charge in [0.15, 0.2) is 5.65 Å². The van der Waals surface area contributed by atoms with E-state index in [1.807, 2.05) is 25.7 Å². The summed E-state index contributed by atoms with van der Waals surface area (Å²) in [6.07, 6.45) is -3.95. The molecule has 1 aliphatic heterocycles. The lowest BCUT2D eigenvalue weighted by atomic mass is 10.1. The Morgan fingerprint density at radius 1 is 1.07 bits per heavy atom. The van der Waals surface area contributed by atoms with Crippen molar-refractivity contribution in [3.05, 3.63) is 18.0 Å². The molecule has 27 heavy (non-hydrogen) atoms. The van der Waals surface area contributed by atoms with Gasteiger partial charge in [0.05, 0.1) is 0 Å². The molecule has 0 bridgehead atoms. The lowest BCUT2D eigenvalue weighted by Crippen LogP contribution is -2.49. The molecular formula is C16H22F3N7O. The lowest BCUT2D eigenvalue weighted by Gasteiger charge is -2.27. The lowest BCUT2D eigenvalue weighted by molar-refractivity contribution is -0.146. The minimum absolute atomic E-state index is 0.0343. The number of fused-ring (bicyclic) bond motifs is 1. The zero-order valence-electron chi connectivity index (χ0n) is 15.4. The molecule has 1 saturated heterocycles. The van der Waals surface area contributed by atoms with Crippen LogP contribution in [0.2, 0.25) is 0 Å². The van der Waals surface area contributed by atoms with Crippen molar-refractivity contribution in [2.24, 2.45) is 0 Å². The maximum Gasteiger partial charge on any atom is 0.453 e. The normalized spacial score (nSPS) is 16.5. The molecule has 0 aromatic carbocycles. The molecule has 3 heterocycles. The van der Waals surface area contributed by atoms with E-state index < -0.39 is 12.0 Å². The highest BCUT2D eigenvalue weighted by molar-refractivity contribution is 5.75. The van der Waals surface area contributed by atoms with Crippen LogP contribution in [-0.4, -0.2) is 62.5 Å². The first-order chi connectivity index (χ1) is 12.5. The molecule has 1 aliphatic rings. The third-order valence-corrected chi connectivity index (χ3v) is 4.09. The number of carbonyl (C=O) groups is 1. The Kier molecular flexibility index (Phi) is 4.87. The van der Waals surface area contributed by atoms with Gasteiger partial charge in [-0.05, 0) is 39.3 Å². The summed E-state index contributed by atoms with van der Waals surface area (Å²) in [6.45, 7) is 7.81. The molecular weight excluding hydrogens is 363 g/mol. The number of alkyl halides is 3. The predicted octanol–water partition coefficient (Wildman–Crippen LogP) is 2.16. The molecule has 1 N–H and O–H groups in total. The van der Waals surface area contributed by atoms with Crippen LogP contribution in [0.15, 0.2) is 12.1 Å². The Morgan fingerprint density at radius 3 is 2.48 bits per heavy atom. The van der Waals surface area contributed by atoms with Crippen molar-refractivity contribution in [1.82, 2.24) is 30.0 Å². The van der Waals surface area contributed by atoms with Gasteiger partial charge in [0, 0.05) is 31.7 Å². The predicted molar refractivity (Wildman–Crippen MR) is 92.5 cm³/mol. The van der Waals surface area contributed by atoms with E-state index in [2.05, 4.69) is 20.6 Å². The smallest absolute Gasteiger partial charge is 0.353 e. The summed E-state index contributed by atoms with van der Waals surface area (Å²) < 4.78 is 39.8. The van der Waals surface area contributed by atoms with Crippen molar-refractivity contribution in [2.75, 3.05) is 31.1 Å². The number of nitrogens with zero attached hydrogens (tertiary/aromatic N) is 6. The fourth-order valence-electron chi connectivity index (χ4n) is 2.87. The van der Waals surface area contributed by atoms with E-state index in [1.165, 1.54) is 6.07 Å². The summed E-state index contributed by atoms with van der Waals surface area (Å²) in [5.74, 6) is -0.758. The first kappa shape index (κ1) is 19.2. The van der Waals surface area contributed by atoms with Crippen LogP contribution in [-0.2, 0) is 6.18 Å². The molecule has 148 valence electrons. The zero-order chi connectivity index (χ0) is 19.8. The van der Waals surface area contributed by atoms with Gasteiger partial charge in [-0.15, -0.1) is 15.3 Å². The topological polar surface area (TPSA) is 78.7 Å². The molecule has 0 radical (unpaired) electrons. The second-order valence-corrected chi connectivity index (χ2v) is 7.49. The first-order valence-corrected chi connectivity index (χ1v) is 8.66. The third kappa shape index (κ3) is 4.40. The van der Waals surface area contributed by atoms with E-state index >= 15 is 0 Å². The highest BCUT2D eigenvalue weighted by atomic mass is 19.4. The van der Waals surface area contributed by atoms with Gasteiger partial charge in [0.2, 0.25) is 0 Å². The van der Waals surface area contributed by atoms with Crippen LogP contribution in [0, 0.1) is 0 Å². The van der Waals surface area contributed by atoms with Gasteiger partial charge in [-0.25, -0.2) is 4.79 Å². The number of urea groups is 1. The van der Waals surface area contributed by atoms with Crippen molar-refractivity contribution in [3.63, 3.8) is 0 Å². The Labute approximate surface area is 154 Å². The van der Waals surface area contributed by atoms with Crippen LogP contribution in [0.5, 0.6) is 0 Å². The molecule has 0 saturated carbocycles. The molecule has 0 unspecified atom stereocenters. The standard InChI is InChI=1S/C16H22F3N7O/c1-15(2,3)20-14(27)25-8-4-7-24(9-10-25)12-6-5-11-21-22-13(16(17,18)19)26(11)23-12/h5-6H,4,7-10H2,1-3H3,(H,20,27). The zero-order valence-corrected chi connectivity index (χ0v) is 15.4. The molecule has 2 aromatic rings. The molecule has 3 rings (SSSR count). The van der Waals surface area contributed by atoms with Crippen molar-refractivity contribution >= 4 is 17.5 Å². The van der Waals surface area contributed by atoms with Crippen molar-refractivity contribution in [1.29, 1.82) is 0 Å². The highest BCUT2D eigenvalue weighted by Crippen LogP contribution is 2.28. The van der Waals surface area contributed by atoms with Gasteiger partial charge >= 0.3 is 12.2 Å². The average Bonchev–Trinajstić information content (AvgIpc) is 2.81. The Bertz CT molecular complexity index is 828. The van der Waals surface area contributed by atoms with Crippen molar-refractivity contribution < 1.29 is 18.0 Å². The monoisotopic (exact) mass is 385 g/mol. The van der Waals surface area contributed by atoms with Gasteiger partial charge in [0.1, 0.15) is 5.82 Å². The minimum atomic E-state index is -4.63. The summed E-state index contributed by atoms with van der Waals surface area (Å²) in [6, 6.07) is 2.93. The van der Waals surface area contributed by atoms with Crippen LogP contribution < -0.4 is 10.2 Å². The van der Waals surface area contributed by atoms with E-state index in [1.54, 1.807) is 11.0 Å². The summed E-state index contributed by atoms with van der Waals surface area (Å²) in [4.78, 5) is 15.9. The van der Waals surface area contributed by atoms with Gasteiger partial charge < -0.3 is 15.1 Å².